The van der Waals surface area contributed by atoms with Crippen molar-refractivity contribution in [3.63, 3.8) is 0 Å². The molecule has 7 nitrogen and oxygen atoms in total. The molecule has 0 aromatic rings. The highest BCUT2D eigenvalue weighted by Crippen LogP contribution is 2.29. The maximum Gasteiger partial charge on any atom is 0.317 e. The third-order valence-electron chi connectivity index (χ3n) is 5.60. The standard InChI is InChI=1S/C17H27N3O4/c21-15(19-7-2-1-3-8-19)12-4-5-14(10-12)18-17(24)20-9-6-13(11-20)16(22)23/h12-14H,1-11H2,(H,18,24)(H,22,23)/t12-,13?,14+/m1/s1. The summed E-state index contributed by atoms with van der Waals surface area (Å²) in [6.45, 7) is 2.52. The molecule has 1 aliphatic carbocycles. The Morgan fingerprint density at radius 2 is 1.62 bits per heavy atom. The van der Waals surface area contributed by atoms with E-state index < -0.39 is 11.9 Å². The van der Waals surface area contributed by atoms with E-state index in [4.69, 9.17) is 5.11 Å². The van der Waals surface area contributed by atoms with Gasteiger partial charge < -0.3 is 20.2 Å². The van der Waals surface area contributed by atoms with Gasteiger partial charge in [0.1, 0.15) is 0 Å². The quantitative estimate of drug-likeness (QED) is 0.812. The number of carboxylic acids is 1. The molecule has 0 spiro atoms. The summed E-state index contributed by atoms with van der Waals surface area (Å²) in [6.07, 6.45) is 6.28. The smallest absolute Gasteiger partial charge is 0.317 e. The van der Waals surface area contributed by atoms with Gasteiger partial charge in [0, 0.05) is 38.1 Å². The highest BCUT2D eigenvalue weighted by atomic mass is 16.4. The molecule has 1 unspecified atom stereocenters. The van der Waals surface area contributed by atoms with Gasteiger partial charge in [-0.3, -0.25) is 9.59 Å². The van der Waals surface area contributed by atoms with E-state index >= 15 is 0 Å². The van der Waals surface area contributed by atoms with Crippen molar-refractivity contribution in [2.45, 2.75) is 51.0 Å². The summed E-state index contributed by atoms with van der Waals surface area (Å²) in [6, 6.07) is -0.157. The van der Waals surface area contributed by atoms with Gasteiger partial charge in [-0.1, -0.05) is 0 Å². The molecule has 134 valence electrons. The molecule has 2 N–H and O–H groups in total. The summed E-state index contributed by atoms with van der Waals surface area (Å²) in [4.78, 5) is 39.4. The van der Waals surface area contributed by atoms with Crippen LogP contribution in [-0.4, -0.2) is 65.0 Å². The van der Waals surface area contributed by atoms with Gasteiger partial charge in [0.15, 0.2) is 0 Å². The number of hydrogen-bond acceptors (Lipinski definition) is 3. The molecule has 7 heteroatoms. The van der Waals surface area contributed by atoms with Gasteiger partial charge in [-0.15, -0.1) is 0 Å². The van der Waals surface area contributed by atoms with Crippen LogP contribution in [0.2, 0.25) is 0 Å². The molecular formula is C17H27N3O4. The second kappa shape index (κ2) is 7.40. The van der Waals surface area contributed by atoms with Crippen LogP contribution in [0.15, 0.2) is 0 Å². The third-order valence-corrected chi connectivity index (χ3v) is 5.60. The topological polar surface area (TPSA) is 90.0 Å². The lowest BCUT2D eigenvalue weighted by atomic mass is 10.0. The SMILES string of the molecule is O=C(O)C1CCN(C(=O)N[C@H]2CC[C@@H](C(=O)N3CCCCC3)C2)C1. The van der Waals surface area contributed by atoms with Crippen LogP contribution in [0.25, 0.3) is 0 Å². The lowest BCUT2D eigenvalue weighted by molar-refractivity contribution is -0.141. The van der Waals surface area contributed by atoms with Crippen molar-refractivity contribution in [3.8, 4) is 0 Å². The zero-order valence-electron chi connectivity index (χ0n) is 14.1. The maximum absolute atomic E-state index is 12.5. The van der Waals surface area contributed by atoms with E-state index in [9.17, 15) is 14.4 Å². The van der Waals surface area contributed by atoms with E-state index in [2.05, 4.69) is 5.32 Å². The molecular weight excluding hydrogens is 310 g/mol. The minimum Gasteiger partial charge on any atom is -0.481 e. The van der Waals surface area contributed by atoms with Crippen molar-refractivity contribution in [2.75, 3.05) is 26.2 Å². The van der Waals surface area contributed by atoms with E-state index in [1.807, 2.05) is 4.90 Å². The predicted molar refractivity (Wildman–Crippen MR) is 87.4 cm³/mol. The zero-order valence-corrected chi connectivity index (χ0v) is 14.1. The van der Waals surface area contributed by atoms with Crippen LogP contribution in [0.5, 0.6) is 0 Å². The van der Waals surface area contributed by atoms with Crippen LogP contribution >= 0.6 is 0 Å². The minimum absolute atomic E-state index is 0.0266. The molecule has 0 bridgehead atoms. The number of nitrogens with zero attached hydrogens (tertiary/aromatic N) is 2. The maximum atomic E-state index is 12.5. The lowest BCUT2D eigenvalue weighted by Crippen LogP contribution is -2.44. The summed E-state index contributed by atoms with van der Waals surface area (Å²) in [5.74, 6) is -1.01. The number of carbonyl (C=O) groups is 3. The molecule has 2 saturated heterocycles. The van der Waals surface area contributed by atoms with E-state index in [0.29, 0.717) is 19.4 Å². The first-order chi connectivity index (χ1) is 11.5. The molecule has 0 radical (unpaired) electrons. The summed E-state index contributed by atoms with van der Waals surface area (Å²) in [5, 5.41) is 12.0. The Labute approximate surface area is 142 Å². The Balaban J connectivity index is 1.45. The van der Waals surface area contributed by atoms with Crippen molar-refractivity contribution in [3.05, 3.63) is 0 Å². The molecule has 24 heavy (non-hydrogen) atoms. The highest BCUT2D eigenvalue weighted by Gasteiger charge is 2.36. The fourth-order valence-corrected chi connectivity index (χ4v) is 4.12. The van der Waals surface area contributed by atoms with Crippen LogP contribution in [0.4, 0.5) is 4.79 Å². The molecule has 3 aliphatic rings. The Kier molecular flexibility index (Phi) is 5.26. The molecule has 3 amide bonds. The number of rotatable bonds is 3. The average Bonchev–Trinajstić information content (AvgIpc) is 3.24. The summed E-state index contributed by atoms with van der Waals surface area (Å²) in [5.41, 5.74) is 0. The average molecular weight is 337 g/mol. The van der Waals surface area contributed by atoms with Crippen LogP contribution < -0.4 is 5.32 Å². The third kappa shape index (κ3) is 3.82. The van der Waals surface area contributed by atoms with Crippen molar-refractivity contribution < 1.29 is 19.5 Å². The first-order valence-electron chi connectivity index (χ1n) is 9.11. The van der Waals surface area contributed by atoms with Gasteiger partial charge in [-0.05, 0) is 44.9 Å². The van der Waals surface area contributed by atoms with E-state index in [1.165, 1.54) is 6.42 Å². The van der Waals surface area contributed by atoms with Gasteiger partial charge in [-0.25, -0.2) is 4.79 Å². The normalized spacial score (nSPS) is 30.4. The van der Waals surface area contributed by atoms with Crippen molar-refractivity contribution >= 4 is 17.9 Å². The Hall–Kier alpha value is -1.79. The van der Waals surface area contributed by atoms with Gasteiger partial charge in [0.2, 0.25) is 5.91 Å². The minimum atomic E-state index is -0.835. The van der Waals surface area contributed by atoms with E-state index in [-0.39, 0.29) is 30.4 Å². The van der Waals surface area contributed by atoms with Crippen molar-refractivity contribution in [1.29, 1.82) is 0 Å². The Morgan fingerprint density at radius 3 is 2.29 bits per heavy atom. The van der Waals surface area contributed by atoms with Crippen LogP contribution in [0.1, 0.15) is 44.9 Å². The van der Waals surface area contributed by atoms with Gasteiger partial charge >= 0.3 is 12.0 Å². The predicted octanol–water partition coefficient (Wildman–Crippen LogP) is 1.28. The first-order valence-corrected chi connectivity index (χ1v) is 9.11. The molecule has 3 fully saturated rings. The van der Waals surface area contributed by atoms with Gasteiger partial charge in [0.05, 0.1) is 5.92 Å². The van der Waals surface area contributed by atoms with Gasteiger partial charge in [-0.2, -0.15) is 0 Å². The van der Waals surface area contributed by atoms with Crippen LogP contribution in [0.3, 0.4) is 0 Å². The van der Waals surface area contributed by atoms with E-state index in [1.54, 1.807) is 4.90 Å². The lowest BCUT2D eigenvalue weighted by Gasteiger charge is -2.29. The number of likely N-dealkylation sites (tertiary alicyclic amines) is 2. The Bertz CT molecular complexity index is 504. The molecule has 2 aliphatic heterocycles. The fraction of sp³-hybridized carbons (Fsp3) is 0.824. The monoisotopic (exact) mass is 337 g/mol. The summed E-state index contributed by atoms with van der Waals surface area (Å²) in [7, 11) is 0. The van der Waals surface area contributed by atoms with Crippen LogP contribution in [-0.2, 0) is 9.59 Å². The number of piperidine rings is 1. The van der Waals surface area contributed by atoms with Crippen molar-refractivity contribution in [1.82, 2.24) is 15.1 Å². The van der Waals surface area contributed by atoms with Crippen molar-refractivity contribution in [2.24, 2.45) is 11.8 Å². The second-order valence-electron chi connectivity index (χ2n) is 7.31. The summed E-state index contributed by atoms with van der Waals surface area (Å²) >= 11 is 0. The van der Waals surface area contributed by atoms with Gasteiger partial charge in [0.25, 0.3) is 0 Å². The number of urea groups is 1. The zero-order chi connectivity index (χ0) is 17.1. The van der Waals surface area contributed by atoms with Crippen LogP contribution in [0, 0.1) is 11.8 Å². The van der Waals surface area contributed by atoms with E-state index in [0.717, 1.165) is 38.8 Å². The second-order valence-corrected chi connectivity index (χ2v) is 7.31. The Morgan fingerprint density at radius 1 is 0.875 bits per heavy atom. The highest BCUT2D eigenvalue weighted by molar-refractivity contribution is 5.80. The number of carbonyl (C=O) groups excluding carboxylic acids is 2. The number of hydrogen-bond donors (Lipinski definition) is 2. The number of amides is 3. The molecule has 0 aromatic carbocycles. The first kappa shape index (κ1) is 17.0. The summed E-state index contributed by atoms with van der Waals surface area (Å²) < 4.78 is 0. The largest absolute Gasteiger partial charge is 0.481 e. The molecule has 2 heterocycles. The molecule has 0 aromatic heterocycles. The number of aliphatic carboxylic acids is 1. The number of nitrogens with one attached hydrogen (secondary N) is 1. The number of carboxylic acid groups (broad SMARTS) is 1. The molecule has 3 atom stereocenters. The molecule has 1 saturated carbocycles. The molecule has 3 rings (SSSR count). The fourth-order valence-electron chi connectivity index (χ4n) is 4.12.